The third kappa shape index (κ3) is 4.40. The fourth-order valence-corrected chi connectivity index (χ4v) is 2.82. The van der Waals surface area contributed by atoms with Gasteiger partial charge in [-0.1, -0.05) is 5.16 Å². The summed E-state index contributed by atoms with van der Waals surface area (Å²) in [5, 5.41) is 12.1. The van der Waals surface area contributed by atoms with Crippen LogP contribution in [0.15, 0.2) is 28.8 Å². The van der Waals surface area contributed by atoms with E-state index < -0.39 is 0 Å². The molecule has 0 saturated carbocycles. The number of amides is 3. The first-order chi connectivity index (χ1) is 12.5. The predicted octanol–water partition coefficient (Wildman–Crippen LogP) is 2.84. The van der Waals surface area contributed by atoms with Gasteiger partial charge in [0.2, 0.25) is 0 Å². The van der Waals surface area contributed by atoms with Crippen LogP contribution in [0.3, 0.4) is 0 Å². The lowest BCUT2D eigenvalue weighted by Gasteiger charge is -2.12. The molecule has 1 aliphatic heterocycles. The molecule has 8 nitrogen and oxygen atoms in total. The molecule has 8 heteroatoms. The van der Waals surface area contributed by atoms with E-state index >= 15 is 0 Å². The molecule has 0 radical (unpaired) electrons. The summed E-state index contributed by atoms with van der Waals surface area (Å²) in [5.74, 6) is 0.192. The highest BCUT2D eigenvalue weighted by Gasteiger charge is 2.18. The first kappa shape index (κ1) is 17.9. The van der Waals surface area contributed by atoms with Gasteiger partial charge < -0.3 is 25.2 Å². The molecule has 26 heavy (non-hydrogen) atoms. The number of aromatic nitrogens is 1. The van der Waals surface area contributed by atoms with Crippen molar-refractivity contribution in [2.75, 3.05) is 23.8 Å². The first-order valence-electron chi connectivity index (χ1n) is 8.53. The van der Waals surface area contributed by atoms with E-state index in [2.05, 4.69) is 21.1 Å². The molecule has 1 atom stereocenters. The van der Waals surface area contributed by atoms with Crippen molar-refractivity contribution in [1.82, 2.24) is 10.5 Å². The number of nitrogens with one attached hydrogen (secondary N) is 3. The van der Waals surface area contributed by atoms with Crippen molar-refractivity contribution >= 4 is 23.3 Å². The summed E-state index contributed by atoms with van der Waals surface area (Å²) in [6, 6.07) is 6.58. The predicted molar refractivity (Wildman–Crippen MR) is 96.4 cm³/mol. The van der Waals surface area contributed by atoms with Crippen LogP contribution in [-0.4, -0.2) is 36.4 Å². The van der Waals surface area contributed by atoms with Gasteiger partial charge in [-0.15, -0.1) is 0 Å². The van der Waals surface area contributed by atoms with Gasteiger partial charge in [-0.2, -0.15) is 0 Å². The van der Waals surface area contributed by atoms with Crippen molar-refractivity contribution in [1.29, 1.82) is 0 Å². The second-order valence-electron chi connectivity index (χ2n) is 6.20. The van der Waals surface area contributed by atoms with E-state index in [0.717, 1.165) is 19.4 Å². The van der Waals surface area contributed by atoms with Crippen molar-refractivity contribution < 1.29 is 18.8 Å². The summed E-state index contributed by atoms with van der Waals surface area (Å²) in [6.07, 6.45) is 2.11. The fraction of sp³-hybridized carbons (Fsp3) is 0.389. The molecule has 2 aromatic rings. The van der Waals surface area contributed by atoms with Crippen LogP contribution < -0.4 is 16.0 Å². The monoisotopic (exact) mass is 358 g/mol. The molecule has 0 bridgehead atoms. The molecule has 3 rings (SSSR count). The number of nitrogens with zero attached hydrogens (tertiary/aromatic N) is 1. The third-order valence-corrected chi connectivity index (χ3v) is 4.18. The molecular formula is C18H22N4O4. The number of anilines is 2. The Hall–Kier alpha value is -2.87. The van der Waals surface area contributed by atoms with Crippen molar-refractivity contribution in [2.24, 2.45) is 0 Å². The minimum atomic E-state index is -0.284. The van der Waals surface area contributed by atoms with Gasteiger partial charge >= 0.3 is 6.03 Å². The van der Waals surface area contributed by atoms with E-state index in [4.69, 9.17) is 9.26 Å². The molecule has 0 aliphatic carbocycles. The van der Waals surface area contributed by atoms with E-state index in [1.54, 1.807) is 38.1 Å². The summed E-state index contributed by atoms with van der Waals surface area (Å²) in [7, 11) is 0. The van der Waals surface area contributed by atoms with E-state index in [0.29, 0.717) is 34.9 Å². The minimum absolute atomic E-state index is 0.0997. The van der Waals surface area contributed by atoms with E-state index in [9.17, 15) is 9.59 Å². The van der Waals surface area contributed by atoms with Crippen molar-refractivity contribution in [3.63, 3.8) is 0 Å². The molecule has 138 valence electrons. The summed E-state index contributed by atoms with van der Waals surface area (Å²) in [4.78, 5) is 24.2. The maximum absolute atomic E-state index is 12.3. The van der Waals surface area contributed by atoms with Gasteiger partial charge in [0, 0.05) is 24.5 Å². The van der Waals surface area contributed by atoms with Gasteiger partial charge in [0.05, 0.1) is 11.8 Å². The van der Waals surface area contributed by atoms with Crippen molar-refractivity contribution in [3.05, 3.63) is 41.3 Å². The smallest absolute Gasteiger partial charge is 0.319 e. The zero-order chi connectivity index (χ0) is 18.5. The van der Waals surface area contributed by atoms with Crippen LogP contribution in [0.1, 0.15) is 34.7 Å². The normalized spacial score (nSPS) is 16.3. The second kappa shape index (κ2) is 8.01. The van der Waals surface area contributed by atoms with Crippen LogP contribution in [0.2, 0.25) is 0 Å². The van der Waals surface area contributed by atoms with Crippen LogP contribution in [0.5, 0.6) is 0 Å². The molecule has 1 saturated heterocycles. The first-order valence-corrected chi connectivity index (χ1v) is 8.53. The number of hydrogen-bond donors (Lipinski definition) is 3. The highest BCUT2D eigenvalue weighted by atomic mass is 16.5. The van der Waals surface area contributed by atoms with E-state index in [-0.39, 0.29) is 18.0 Å². The minimum Gasteiger partial charge on any atom is -0.376 e. The number of carbonyl (C=O) groups excluding carboxylic acids is 2. The fourth-order valence-electron chi connectivity index (χ4n) is 2.82. The molecule has 1 aromatic heterocycles. The van der Waals surface area contributed by atoms with Gasteiger partial charge in [0.15, 0.2) is 0 Å². The molecule has 2 heterocycles. The molecule has 3 amide bonds. The SMILES string of the molecule is Cc1noc(C)c1C(=O)Nc1ccc(NC(=O)NCC2CCCO2)cc1. The van der Waals surface area contributed by atoms with Crippen LogP contribution in [0, 0.1) is 13.8 Å². The number of carbonyl (C=O) groups is 2. The molecular weight excluding hydrogens is 336 g/mol. The summed E-state index contributed by atoms with van der Waals surface area (Å²) in [5.41, 5.74) is 2.22. The number of rotatable bonds is 5. The summed E-state index contributed by atoms with van der Waals surface area (Å²) >= 11 is 0. The average Bonchev–Trinajstić information content (AvgIpc) is 3.24. The highest BCUT2D eigenvalue weighted by molar-refractivity contribution is 6.05. The Kier molecular flexibility index (Phi) is 5.52. The lowest BCUT2D eigenvalue weighted by molar-refractivity contribution is 0.102. The largest absolute Gasteiger partial charge is 0.376 e. The Labute approximate surface area is 151 Å². The number of ether oxygens (including phenoxy) is 1. The zero-order valence-corrected chi connectivity index (χ0v) is 14.8. The summed E-state index contributed by atoms with van der Waals surface area (Å²) in [6.45, 7) is 4.66. The molecule has 1 fully saturated rings. The lowest BCUT2D eigenvalue weighted by Crippen LogP contribution is -2.35. The summed E-state index contributed by atoms with van der Waals surface area (Å²) < 4.78 is 10.5. The maximum atomic E-state index is 12.3. The third-order valence-electron chi connectivity index (χ3n) is 4.18. The molecule has 1 aromatic carbocycles. The number of urea groups is 1. The van der Waals surface area contributed by atoms with Crippen LogP contribution in [-0.2, 0) is 4.74 Å². The van der Waals surface area contributed by atoms with Gasteiger partial charge in [0.1, 0.15) is 11.3 Å². The number of benzene rings is 1. The number of hydrogen-bond acceptors (Lipinski definition) is 5. The molecule has 3 N–H and O–H groups in total. The Morgan fingerprint density at radius 1 is 1.15 bits per heavy atom. The molecule has 1 unspecified atom stereocenters. The zero-order valence-electron chi connectivity index (χ0n) is 14.8. The molecule has 0 spiro atoms. The second-order valence-corrected chi connectivity index (χ2v) is 6.20. The Morgan fingerprint density at radius 2 is 1.85 bits per heavy atom. The maximum Gasteiger partial charge on any atom is 0.319 e. The standard InChI is InChI=1S/C18H22N4O4/c1-11-16(12(2)26-22-11)17(23)20-13-5-7-14(8-6-13)21-18(24)19-10-15-4-3-9-25-15/h5-8,15H,3-4,9-10H2,1-2H3,(H,20,23)(H2,19,21,24). The average molecular weight is 358 g/mol. The van der Waals surface area contributed by atoms with Crippen molar-refractivity contribution in [2.45, 2.75) is 32.8 Å². The lowest BCUT2D eigenvalue weighted by atomic mass is 10.2. The van der Waals surface area contributed by atoms with Crippen LogP contribution in [0.25, 0.3) is 0 Å². The number of aryl methyl sites for hydroxylation is 2. The topological polar surface area (TPSA) is 105 Å². The quantitative estimate of drug-likeness (QED) is 0.762. The van der Waals surface area contributed by atoms with Crippen LogP contribution in [0.4, 0.5) is 16.2 Å². The van der Waals surface area contributed by atoms with Crippen LogP contribution >= 0.6 is 0 Å². The van der Waals surface area contributed by atoms with E-state index in [1.807, 2.05) is 0 Å². The van der Waals surface area contributed by atoms with E-state index in [1.165, 1.54) is 0 Å². The van der Waals surface area contributed by atoms with Gasteiger partial charge in [-0.05, 0) is 51.0 Å². The van der Waals surface area contributed by atoms with Gasteiger partial charge in [0.25, 0.3) is 5.91 Å². The highest BCUT2D eigenvalue weighted by Crippen LogP contribution is 2.18. The Morgan fingerprint density at radius 3 is 2.42 bits per heavy atom. The Bertz CT molecular complexity index is 759. The van der Waals surface area contributed by atoms with Crippen molar-refractivity contribution in [3.8, 4) is 0 Å². The Balaban J connectivity index is 1.51. The molecule has 1 aliphatic rings. The van der Waals surface area contributed by atoms with Gasteiger partial charge in [-0.25, -0.2) is 4.79 Å². The van der Waals surface area contributed by atoms with Gasteiger partial charge in [-0.3, -0.25) is 4.79 Å².